The van der Waals surface area contributed by atoms with Crippen LogP contribution in [0.5, 0.6) is 0 Å². The van der Waals surface area contributed by atoms with E-state index in [0.717, 1.165) is 45.7 Å². The van der Waals surface area contributed by atoms with Gasteiger partial charge in [0.25, 0.3) is 0 Å². The van der Waals surface area contributed by atoms with Gasteiger partial charge >= 0.3 is 0 Å². The lowest BCUT2D eigenvalue weighted by molar-refractivity contribution is -0.108. The zero-order valence-corrected chi connectivity index (χ0v) is 9.27. The molecule has 2 rings (SSSR count). The third kappa shape index (κ3) is 2.68. The smallest absolute Gasteiger partial charge is 0.0608 e. The lowest BCUT2D eigenvalue weighted by Gasteiger charge is -2.42. The minimum atomic E-state index is 0.602. The Bertz CT molecular complexity index is 234. The average molecular weight is 208 g/mol. The Labute approximate surface area is 92.0 Å². The standard InChI is InChI=1S/C12H20N2O/c1-2-5-12-6-3-4-7-14(12)13-8-10-15-11-9-13/h2-4,12H,1,5-11H2. The first-order valence-corrected chi connectivity index (χ1v) is 5.77. The molecule has 84 valence electrons. The quantitative estimate of drug-likeness (QED) is 0.653. The molecule has 0 aromatic carbocycles. The lowest BCUT2D eigenvalue weighted by atomic mass is 10.1. The number of ether oxygens (including phenoxy) is 1. The summed E-state index contributed by atoms with van der Waals surface area (Å²) in [6, 6.07) is 0.602. The SMILES string of the molecule is C=CCC1CC=CCN1N1CCOCC1. The first kappa shape index (κ1) is 10.9. The molecule has 1 unspecified atom stereocenters. The third-order valence-electron chi connectivity index (χ3n) is 3.08. The van der Waals surface area contributed by atoms with E-state index in [0.29, 0.717) is 6.04 Å². The van der Waals surface area contributed by atoms with Crippen LogP contribution in [0.4, 0.5) is 0 Å². The molecule has 0 spiro atoms. The summed E-state index contributed by atoms with van der Waals surface area (Å²) in [6.45, 7) is 8.66. The molecule has 3 nitrogen and oxygen atoms in total. The van der Waals surface area contributed by atoms with Gasteiger partial charge in [0.1, 0.15) is 0 Å². The van der Waals surface area contributed by atoms with Crippen molar-refractivity contribution in [1.29, 1.82) is 0 Å². The van der Waals surface area contributed by atoms with Gasteiger partial charge in [-0.25, -0.2) is 10.0 Å². The van der Waals surface area contributed by atoms with Crippen LogP contribution in [0.3, 0.4) is 0 Å². The first-order valence-electron chi connectivity index (χ1n) is 5.77. The van der Waals surface area contributed by atoms with Crippen molar-refractivity contribution in [1.82, 2.24) is 10.0 Å². The van der Waals surface area contributed by atoms with Gasteiger partial charge < -0.3 is 4.74 Å². The minimum Gasteiger partial charge on any atom is -0.379 e. The Morgan fingerprint density at radius 1 is 1.33 bits per heavy atom. The molecule has 1 atom stereocenters. The van der Waals surface area contributed by atoms with E-state index >= 15 is 0 Å². The normalized spacial score (nSPS) is 29.2. The van der Waals surface area contributed by atoms with Gasteiger partial charge in [0.2, 0.25) is 0 Å². The number of morpholine rings is 1. The number of hydrogen-bond acceptors (Lipinski definition) is 3. The predicted molar refractivity (Wildman–Crippen MR) is 61.5 cm³/mol. The molecule has 0 amide bonds. The van der Waals surface area contributed by atoms with E-state index in [9.17, 15) is 0 Å². The van der Waals surface area contributed by atoms with Crippen molar-refractivity contribution in [2.45, 2.75) is 18.9 Å². The number of rotatable bonds is 3. The van der Waals surface area contributed by atoms with Crippen molar-refractivity contribution in [3.8, 4) is 0 Å². The van der Waals surface area contributed by atoms with Crippen molar-refractivity contribution >= 4 is 0 Å². The molecular formula is C12H20N2O. The van der Waals surface area contributed by atoms with Crippen LogP contribution in [0.25, 0.3) is 0 Å². The Morgan fingerprint density at radius 2 is 2.13 bits per heavy atom. The second-order valence-corrected chi connectivity index (χ2v) is 4.07. The van der Waals surface area contributed by atoms with Crippen LogP contribution < -0.4 is 0 Å². The summed E-state index contributed by atoms with van der Waals surface area (Å²) in [5.74, 6) is 0. The molecule has 3 heteroatoms. The van der Waals surface area contributed by atoms with Gasteiger partial charge in [-0.1, -0.05) is 18.2 Å². The van der Waals surface area contributed by atoms with Gasteiger partial charge in [0.15, 0.2) is 0 Å². The molecule has 1 saturated heterocycles. The number of hydrazine groups is 1. The zero-order chi connectivity index (χ0) is 10.5. The third-order valence-corrected chi connectivity index (χ3v) is 3.08. The maximum absolute atomic E-state index is 5.38. The van der Waals surface area contributed by atoms with Gasteiger partial charge in [0, 0.05) is 25.7 Å². The van der Waals surface area contributed by atoms with Crippen LogP contribution in [-0.2, 0) is 4.74 Å². The summed E-state index contributed by atoms with van der Waals surface area (Å²) in [5.41, 5.74) is 0. The highest BCUT2D eigenvalue weighted by Gasteiger charge is 2.25. The number of nitrogens with zero attached hydrogens (tertiary/aromatic N) is 2. The second kappa shape index (κ2) is 5.45. The van der Waals surface area contributed by atoms with Gasteiger partial charge in [-0.2, -0.15) is 0 Å². The summed E-state index contributed by atoms with van der Waals surface area (Å²) in [4.78, 5) is 0. The van der Waals surface area contributed by atoms with Crippen LogP contribution in [0, 0.1) is 0 Å². The summed E-state index contributed by atoms with van der Waals surface area (Å²) in [5, 5.41) is 4.91. The molecule has 0 aliphatic carbocycles. The van der Waals surface area contributed by atoms with Gasteiger partial charge in [-0.05, 0) is 12.8 Å². The molecule has 2 aliphatic rings. The molecule has 2 heterocycles. The first-order chi connectivity index (χ1) is 7.42. The van der Waals surface area contributed by atoms with E-state index in [-0.39, 0.29) is 0 Å². The highest BCUT2D eigenvalue weighted by atomic mass is 16.5. The lowest BCUT2D eigenvalue weighted by Crippen LogP contribution is -2.53. The molecule has 1 fully saturated rings. The average Bonchev–Trinajstić information content (AvgIpc) is 2.31. The highest BCUT2D eigenvalue weighted by molar-refractivity contribution is 4.97. The summed E-state index contributed by atoms with van der Waals surface area (Å²) < 4.78 is 5.38. The van der Waals surface area contributed by atoms with Crippen molar-refractivity contribution in [3.63, 3.8) is 0 Å². The van der Waals surface area contributed by atoms with E-state index in [1.165, 1.54) is 0 Å². The molecule has 15 heavy (non-hydrogen) atoms. The Hall–Kier alpha value is -0.640. The molecule has 0 aromatic heterocycles. The maximum Gasteiger partial charge on any atom is 0.0608 e. The van der Waals surface area contributed by atoms with E-state index in [4.69, 9.17) is 4.74 Å². The van der Waals surface area contributed by atoms with Crippen LogP contribution in [0.1, 0.15) is 12.8 Å². The van der Waals surface area contributed by atoms with Crippen molar-refractivity contribution in [2.75, 3.05) is 32.8 Å². The fraction of sp³-hybridized carbons (Fsp3) is 0.667. The zero-order valence-electron chi connectivity index (χ0n) is 9.27. The van der Waals surface area contributed by atoms with E-state index in [1.807, 2.05) is 6.08 Å². The monoisotopic (exact) mass is 208 g/mol. The summed E-state index contributed by atoms with van der Waals surface area (Å²) >= 11 is 0. The van der Waals surface area contributed by atoms with Crippen molar-refractivity contribution < 1.29 is 4.74 Å². The van der Waals surface area contributed by atoms with Crippen LogP contribution >= 0.6 is 0 Å². The Morgan fingerprint density at radius 3 is 2.87 bits per heavy atom. The highest BCUT2D eigenvalue weighted by Crippen LogP contribution is 2.18. The molecule has 2 aliphatic heterocycles. The molecular weight excluding hydrogens is 188 g/mol. The Kier molecular flexibility index (Phi) is 3.94. The Balaban J connectivity index is 1.97. The van der Waals surface area contributed by atoms with E-state index in [2.05, 4.69) is 28.7 Å². The van der Waals surface area contributed by atoms with E-state index in [1.54, 1.807) is 0 Å². The fourth-order valence-corrected chi connectivity index (χ4v) is 2.27. The van der Waals surface area contributed by atoms with Crippen LogP contribution in [0.2, 0.25) is 0 Å². The van der Waals surface area contributed by atoms with Gasteiger partial charge in [-0.3, -0.25) is 0 Å². The number of hydrogen-bond donors (Lipinski definition) is 0. The largest absolute Gasteiger partial charge is 0.379 e. The van der Waals surface area contributed by atoms with E-state index < -0.39 is 0 Å². The molecule has 0 N–H and O–H groups in total. The minimum absolute atomic E-state index is 0.602. The molecule has 0 saturated carbocycles. The summed E-state index contributed by atoms with van der Waals surface area (Å²) in [7, 11) is 0. The maximum atomic E-state index is 5.38. The molecule has 0 aromatic rings. The summed E-state index contributed by atoms with van der Waals surface area (Å²) in [6.07, 6.45) is 8.78. The predicted octanol–water partition coefficient (Wildman–Crippen LogP) is 1.44. The second-order valence-electron chi connectivity index (χ2n) is 4.07. The molecule has 0 radical (unpaired) electrons. The van der Waals surface area contributed by atoms with Crippen molar-refractivity contribution in [3.05, 3.63) is 24.8 Å². The van der Waals surface area contributed by atoms with Gasteiger partial charge in [0.05, 0.1) is 13.2 Å². The van der Waals surface area contributed by atoms with Crippen LogP contribution in [0.15, 0.2) is 24.8 Å². The van der Waals surface area contributed by atoms with Gasteiger partial charge in [-0.15, -0.1) is 6.58 Å². The van der Waals surface area contributed by atoms with Crippen LogP contribution in [-0.4, -0.2) is 48.9 Å². The topological polar surface area (TPSA) is 15.7 Å². The van der Waals surface area contributed by atoms with Crippen molar-refractivity contribution in [2.24, 2.45) is 0 Å². The molecule has 0 bridgehead atoms. The fourth-order valence-electron chi connectivity index (χ4n) is 2.27.